The second-order valence-electron chi connectivity index (χ2n) is 21.4. The van der Waals surface area contributed by atoms with Gasteiger partial charge in [0.15, 0.2) is 0 Å². The standard InChI is InChI=1S/C53H76N8O9/c1-32(55-8)46(63)58-44(52(2,3)4)50(67)60-29-35(27-42(60)48(65)56-40-23-15-19-33-17-9-11-21-37(33)40)69-25-13-14-26-70-36-28-43(49(66)57-41-24-16-20-34-18-10-12-22-38(34)41)61(30-36)51(68)45(53(5,6)7)59-47(64)39(54)31-62/h9-12,17-18,21-22,32,35-36,39-45,55,62H,15-16,19-20,23-31,54H2,1-8H3,(H,56,65)(H,57,66)(H,58,63)(H,59,64)/t32-,35-,36-,39-,40+,41+,42-,43-,44+,45+/m0/s1. The maximum Gasteiger partial charge on any atom is 0.246 e. The molecule has 6 rings (SSSR count). The van der Waals surface area contributed by atoms with E-state index in [9.17, 15) is 33.9 Å². The van der Waals surface area contributed by atoms with Gasteiger partial charge in [0.25, 0.3) is 0 Å². The van der Waals surface area contributed by atoms with Gasteiger partial charge in [0, 0.05) is 25.9 Å². The number of likely N-dealkylation sites (tertiary alicyclic amines) is 2. The summed E-state index contributed by atoms with van der Waals surface area (Å²) in [5.74, 6) is 3.53. The van der Waals surface area contributed by atoms with Gasteiger partial charge in [0.2, 0.25) is 35.4 Å². The topological polar surface area (TPSA) is 234 Å². The van der Waals surface area contributed by atoms with Gasteiger partial charge in [-0.3, -0.25) is 28.8 Å². The molecule has 0 unspecified atom stereocenters. The molecule has 0 saturated carbocycles. The van der Waals surface area contributed by atoms with Crippen LogP contribution in [-0.4, -0.2) is 139 Å². The average Bonchev–Trinajstić information content (AvgIpc) is 3.97. The second kappa shape index (κ2) is 23.7. The predicted molar refractivity (Wildman–Crippen MR) is 264 cm³/mol. The monoisotopic (exact) mass is 969 g/mol. The maximum atomic E-state index is 14.5. The molecule has 382 valence electrons. The highest BCUT2D eigenvalue weighted by Crippen LogP contribution is 2.34. The Morgan fingerprint density at radius 2 is 1.11 bits per heavy atom. The lowest BCUT2D eigenvalue weighted by Gasteiger charge is -2.36. The van der Waals surface area contributed by atoms with E-state index in [1.165, 1.54) is 20.9 Å². The summed E-state index contributed by atoms with van der Waals surface area (Å²) in [5.41, 5.74) is 8.87. The fraction of sp³-hybridized carbons (Fsp3) is 0.623. The third kappa shape index (κ3) is 13.3. The van der Waals surface area contributed by atoms with E-state index in [0.717, 1.165) is 49.7 Å². The molecule has 2 saturated heterocycles. The smallest absolute Gasteiger partial charge is 0.246 e. The minimum Gasteiger partial charge on any atom is -0.394 e. The summed E-state index contributed by atoms with van der Waals surface area (Å²) in [6.07, 6.45) is 4.53. The van der Waals surface area contributed by atoms with Crippen LogP contribution in [0.4, 0.5) is 0 Å². The summed E-state index contributed by atoms with van der Waals surface area (Å²) in [5, 5.41) is 24.6. The Labute approximate surface area is 413 Å². The molecule has 17 nitrogen and oxygen atoms in total. The van der Waals surface area contributed by atoms with Gasteiger partial charge in [0.05, 0.1) is 36.9 Å². The number of benzene rings is 2. The molecule has 4 aliphatic rings. The summed E-state index contributed by atoms with van der Waals surface area (Å²) in [6, 6.07) is 10.2. The molecule has 0 bridgehead atoms. The molecule has 2 aliphatic carbocycles. The summed E-state index contributed by atoms with van der Waals surface area (Å²) < 4.78 is 12.4. The van der Waals surface area contributed by atoms with Crippen molar-refractivity contribution in [3.63, 3.8) is 0 Å². The van der Waals surface area contributed by atoms with E-state index < -0.39 is 77.7 Å². The highest BCUT2D eigenvalue weighted by molar-refractivity contribution is 5.95. The number of aliphatic hydroxyl groups is 1. The molecule has 2 fully saturated rings. The quantitative estimate of drug-likeness (QED) is 0.121. The first-order chi connectivity index (χ1) is 33.2. The Kier molecular flexibility index (Phi) is 18.3. The Morgan fingerprint density at radius 1 is 0.700 bits per heavy atom. The van der Waals surface area contributed by atoms with Gasteiger partial charge in [-0.2, -0.15) is 0 Å². The summed E-state index contributed by atoms with van der Waals surface area (Å²) in [4.78, 5) is 86.4. The van der Waals surface area contributed by atoms with Gasteiger partial charge in [0.1, 0.15) is 43.4 Å². The number of hydrogen-bond donors (Lipinski definition) is 7. The van der Waals surface area contributed by atoms with Crippen molar-refractivity contribution in [2.24, 2.45) is 16.6 Å². The zero-order valence-electron chi connectivity index (χ0n) is 42.3. The molecule has 2 aliphatic heterocycles. The lowest BCUT2D eigenvalue weighted by Crippen LogP contribution is -2.60. The molecule has 2 aromatic carbocycles. The number of nitrogens with two attached hydrogens (primary N) is 1. The van der Waals surface area contributed by atoms with Gasteiger partial charge in [-0.1, -0.05) is 102 Å². The fourth-order valence-electron chi connectivity index (χ4n) is 9.94. The zero-order chi connectivity index (χ0) is 50.9. The third-order valence-corrected chi connectivity index (χ3v) is 14.1. The van der Waals surface area contributed by atoms with Crippen LogP contribution in [0.15, 0.2) is 48.5 Å². The molecule has 2 heterocycles. The number of ether oxygens (including phenoxy) is 2. The zero-order valence-corrected chi connectivity index (χ0v) is 42.3. The number of aryl methyl sites for hydroxylation is 2. The van der Waals surface area contributed by atoms with Crippen LogP contribution in [0, 0.1) is 22.7 Å². The average molecular weight is 969 g/mol. The Morgan fingerprint density at radius 3 is 1.51 bits per heavy atom. The summed E-state index contributed by atoms with van der Waals surface area (Å²) in [7, 11) is 1.67. The molecule has 17 heteroatoms. The van der Waals surface area contributed by atoms with Crippen molar-refractivity contribution in [1.82, 2.24) is 36.4 Å². The van der Waals surface area contributed by atoms with Gasteiger partial charge >= 0.3 is 0 Å². The number of fused-ring (bicyclic) bond motifs is 2. The first-order valence-corrected chi connectivity index (χ1v) is 24.9. The fourth-order valence-corrected chi connectivity index (χ4v) is 9.94. The van der Waals surface area contributed by atoms with Crippen molar-refractivity contribution in [3.8, 4) is 11.8 Å². The number of rotatable bonds is 16. The van der Waals surface area contributed by atoms with Crippen LogP contribution in [0.3, 0.4) is 0 Å². The molecule has 10 atom stereocenters. The predicted octanol–water partition coefficient (Wildman–Crippen LogP) is 2.34. The Balaban J connectivity index is 1.13. The minimum absolute atomic E-state index is 0.0222. The molecule has 0 spiro atoms. The second-order valence-corrected chi connectivity index (χ2v) is 21.4. The lowest BCUT2D eigenvalue weighted by atomic mass is 9.85. The van der Waals surface area contributed by atoms with Gasteiger partial charge in [-0.15, -0.1) is 0 Å². The first-order valence-electron chi connectivity index (χ1n) is 24.9. The number of nitrogens with zero attached hydrogens (tertiary/aromatic N) is 2. The van der Waals surface area contributed by atoms with E-state index in [-0.39, 0.29) is 74.9 Å². The van der Waals surface area contributed by atoms with E-state index in [1.807, 2.05) is 57.2 Å². The third-order valence-electron chi connectivity index (χ3n) is 14.1. The largest absolute Gasteiger partial charge is 0.394 e. The van der Waals surface area contributed by atoms with Crippen LogP contribution in [0.25, 0.3) is 0 Å². The van der Waals surface area contributed by atoms with Gasteiger partial charge in [-0.05, 0) is 85.6 Å². The SMILES string of the molecule is CN[C@@H](C)C(=O)N[C@H](C(=O)N1C[C@@H](OCC#CCO[C@H]2C[C@@H](C(=O)N[C@@H]3CCCc4ccccc43)N(C(=O)[C@@H](NC(=O)[C@@H](N)CO)C(C)(C)C)C2)C[C@H]1C(=O)N[C@@H]1CCCc2ccccc21)C(C)(C)C. The molecule has 6 amide bonds. The number of aliphatic hydroxyl groups excluding tert-OH is 1. The van der Waals surface area contributed by atoms with Crippen LogP contribution < -0.4 is 32.3 Å². The van der Waals surface area contributed by atoms with Crippen molar-refractivity contribution < 1.29 is 43.3 Å². The maximum absolute atomic E-state index is 14.5. The van der Waals surface area contributed by atoms with E-state index in [0.29, 0.717) is 0 Å². The van der Waals surface area contributed by atoms with Crippen LogP contribution >= 0.6 is 0 Å². The molecular weight excluding hydrogens is 893 g/mol. The van der Waals surface area contributed by atoms with Crippen molar-refractivity contribution >= 4 is 35.4 Å². The Hall–Kier alpha value is -5.38. The first kappa shape index (κ1) is 54.0. The summed E-state index contributed by atoms with van der Waals surface area (Å²) >= 11 is 0. The van der Waals surface area contributed by atoms with E-state index in [1.54, 1.807) is 34.7 Å². The molecule has 70 heavy (non-hydrogen) atoms. The number of nitrogens with one attached hydrogen (secondary N) is 5. The van der Waals surface area contributed by atoms with Gasteiger partial charge < -0.3 is 56.7 Å². The molecular formula is C53H76N8O9. The molecule has 8 N–H and O–H groups in total. The molecule has 0 aromatic heterocycles. The van der Waals surface area contributed by atoms with Crippen LogP contribution in [0.1, 0.15) is 121 Å². The van der Waals surface area contributed by atoms with Gasteiger partial charge in [-0.25, -0.2) is 0 Å². The number of amides is 6. The summed E-state index contributed by atoms with van der Waals surface area (Å²) in [6.45, 7) is 12.3. The number of likely N-dealkylation sites (N-methyl/N-ethyl adjacent to an activating group) is 1. The minimum atomic E-state index is -1.23. The lowest BCUT2D eigenvalue weighted by molar-refractivity contribution is -0.144. The van der Waals surface area contributed by atoms with E-state index in [2.05, 4.69) is 50.6 Å². The van der Waals surface area contributed by atoms with Crippen molar-refractivity contribution in [2.75, 3.05) is 40.0 Å². The molecule has 2 aromatic rings. The van der Waals surface area contributed by atoms with Crippen LogP contribution in [-0.2, 0) is 51.1 Å². The van der Waals surface area contributed by atoms with Crippen molar-refractivity contribution in [1.29, 1.82) is 0 Å². The highest BCUT2D eigenvalue weighted by atomic mass is 16.5. The van der Waals surface area contributed by atoms with E-state index >= 15 is 0 Å². The number of hydrogen-bond acceptors (Lipinski definition) is 11. The Bertz CT molecular complexity index is 2110. The van der Waals surface area contributed by atoms with Crippen LogP contribution in [0.5, 0.6) is 0 Å². The van der Waals surface area contributed by atoms with E-state index in [4.69, 9.17) is 15.2 Å². The normalized spacial score (nSPS) is 23.9. The van der Waals surface area contributed by atoms with Crippen molar-refractivity contribution in [3.05, 3.63) is 70.8 Å². The highest BCUT2D eigenvalue weighted by Gasteiger charge is 2.48. The number of carbonyl (C=O) groups is 6. The number of carbonyl (C=O) groups excluding carboxylic acids is 6. The van der Waals surface area contributed by atoms with Crippen LogP contribution in [0.2, 0.25) is 0 Å². The van der Waals surface area contributed by atoms with Crippen molar-refractivity contribution in [2.45, 2.75) is 160 Å². The molecule has 0 radical (unpaired) electrons.